The van der Waals surface area contributed by atoms with Crippen molar-refractivity contribution in [2.45, 2.75) is 51.8 Å². The maximum absolute atomic E-state index is 13.7. The lowest BCUT2D eigenvalue weighted by molar-refractivity contribution is -0.137. The van der Waals surface area contributed by atoms with Gasteiger partial charge < -0.3 is 14.7 Å². The number of halogens is 1. The van der Waals surface area contributed by atoms with Crippen LogP contribution in [0.25, 0.3) is 0 Å². The minimum Gasteiger partial charge on any atom is -0.481 e. The molecule has 2 atom stereocenters. The Morgan fingerprint density at radius 3 is 2.58 bits per heavy atom. The highest BCUT2D eigenvalue weighted by Gasteiger charge is 2.33. The van der Waals surface area contributed by atoms with Gasteiger partial charge in [0.1, 0.15) is 11.8 Å². The monoisotopic (exact) mass is 275 g/mol. The number of rotatable bonds is 3. The van der Waals surface area contributed by atoms with Gasteiger partial charge in [-0.1, -0.05) is 0 Å². The highest BCUT2D eigenvalue weighted by molar-refractivity contribution is 5.68. The minimum atomic E-state index is -1.04. The van der Waals surface area contributed by atoms with Gasteiger partial charge in [0.2, 0.25) is 0 Å². The van der Waals surface area contributed by atoms with Crippen LogP contribution in [0, 0.1) is 5.92 Å². The number of ether oxygens (including phenoxy) is 1. The van der Waals surface area contributed by atoms with Crippen LogP contribution in [0.2, 0.25) is 0 Å². The number of piperidine rings is 1. The molecule has 1 heterocycles. The zero-order chi connectivity index (χ0) is 14.6. The molecule has 0 spiro atoms. The Morgan fingerprint density at radius 1 is 1.42 bits per heavy atom. The predicted octanol–water partition coefficient (Wildman–Crippen LogP) is 2.45. The van der Waals surface area contributed by atoms with Gasteiger partial charge in [0.25, 0.3) is 0 Å². The van der Waals surface area contributed by atoms with E-state index in [4.69, 9.17) is 9.84 Å². The number of carbonyl (C=O) groups is 2. The molecule has 1 rings (SSSR count). The average molecular weight is 275 g/mol. The summed E-state index contributed by atoms with van der Waals surface area (Å²) in [6.07, 6.45) is -1.09. The molecule has 1 N–H and O–H groups in total. The first-order valence-electron chi connectivity index (χ1n) is 6.53. The molecule has 1 saturated heterocycles. The third-order valence-electron chi connectivity index (χ3n) is 3.02. The van der Waals surface area contributed by atoms with Crippen LogP contribution in [0.4, 0.5) is 9.18 Å². The maximum atomic E-state index is 13.7. The molecule has 6 heteroatoms. The van der Waals surface area contributed by atoms with E-state index in [1.807, 2.05) is 0 Å². The lowest BCUT2D eigenvalue weighted by Gasteiger charge is -2.35. The van der Waals surface area contributed by atoms with Gasteiger partial charge in [-0.15, -0.1) is 0 Å². The Hall–Kier alpha value is -1.33. The smallest absolute Gasteiger partial charge is 0.410 e. The number of hydrogen-bond donors (Lipinski definition) is 1. The third-order valence-corrected chi connectivity index (χ3v) is 3.02. The van der Waals surface area contributed by atoms with Gasteiger partial charge in [-0.25, -0.2) is 9.18 Å². The van der Waals surface area contributed by atoms with E-state index < -0.39 is 29.8 Å². The number of aliphatic carboxylic acids is 1. The number of amides is 1. The molecule has 0 radical (unpaired) electrons. The minimum absolute atomic E-state index is 0.0761. The van der Waals surface area contributed by atoms with E-state index in [2.05, 4.69) is 0 Å². The van der Waals surface area contributed by atoms with E-state index >= 15 is 0 Å². The van der Waals surface area contributed by atoms with Crippen molar-refractivity contribution in [2.75, 3.05) is 13.1 Å². The summed E-state index contributed by atoms with van der Waals surface area (Å²) in [6.45, 7) is 5.86. The molecular formula is C13H22FNO4. The second kappa shape index (κ2) is 6.21. The van der Waals surface area contributed by atoms with E-state index in [9.17, 15) is 14.0 Å². The topological polar surface area (TPSA) is 66.8 Å². The SMILES string of the molecule is CC(C)(C)OC(=O)N1CC[C@@H](F)[C@@H](CCC(=O)O)C1. The van der Waals surface area contributed by atoms with Crippen molar-refractivity contribution in [1.29, 1.82) is 0 Å². The van der Waals surface area contributed by atoms with Crippen LogP contribution in [-0.4, -0.2) is 46.9 Å². The molecule has 0 saturated carbocycles. The first-order chi connectivity index (χ1) is 8.69. The summed E-state index contributed by atoms with van der Waals surface area (Å²) in [5, 5.41) is 8.63. The Kier molecular flexibility index (Phi) is 5.14. The van der Waals surface area contributed by atoms with Gasteiger partial charge in [-0.2, -0.15) is 0 Å². The Morgan fingerprint density at radius 2 is 2.05 bits per heavy atom. The van der Waals surface area contributed by atoms with E-state index in [1.54, 1.807) is 20.8 Å². The molecule has 0 bridgehead atoms. The summed E-state index contributed by atoms with van der Waals surface area (Å²) in [4.78, 5) is 23.9. The summed E-state index contributed by atoms with van der Waals surface area (Å²) in [5.74, 6) is -1.36. The normalized spacial score (nSPS) is 24.1. The second-order valence-corrected chi connectivity index (χ2v) is 5.92. The molecule has 0 aliphatic carbocycles. The zero-order valence-electron chi connectivity index (χ0n) is 11.7. The second-order valence-electron chi connectivity index (χ2n) is 5.92. The fraction of sp³-hybridized carbons (Fsp3) is 0.846. The van der Waals surface area contributed by atoms with Crippen LogP contribution < -0.4 is 0 Å². The van der Waals surface area contributed by atoms with Crippen molar-refractivity contribution in [1.82, 2.24) is 4.90 Å². The molecule has 5 nitrogen and oxygen atoms in total. The number of carbonyl (C=O) groups excluding carboxylic acids is 1. The quantitative estimate of drug-likeness (QED) is 0.859. The van der Waals surface area contributed by atoms with Gasteiger partial charge >= 0.3 is 12.1 Å². The van der Waals surface area contributed by atoms with Gasteiger partial charge in [0.15, 0.2) is 0 Å². The van der Waals surface area contributed by atoms with Crippen molar-refractivity contribution in [3.05, 3.63) is 0 Å². The van der Waals surface area contributed by atoms with E-state index in [-0.39, 0.29) is 25.8 Å². The zero-order valence-corrected chi connectivity index (χ0v) is 11.7. The summed E-state index contributed by atoms with van der Waals surface area (Å²) >= 11 is 0. The van der Waals surface area contributed by atoms with Crippen LogP contribution in [0.1, 0.15) is 40.0 Å². The molecule has 1 amide bonds. The lowest BCUT2D eigenvalue weighted by Crippen LogP contribution is -2.46. The Balaban J connectivity index is 2.53. The summed E-state index contributed by atoms with van der Waals surface area (Å²) < 4.78 is 18.9. The highest BCUT2D eigenvalue weighted by atomic mass is 19.1. The predicted molar refractivity (Wildman–Crippen MR) is 67.7 cm³/mol. The van der Waals surface area contributed by atoms with Crippen LogP contribution in [0.3, 0.4) is 0 Å². The van der Waals surface area contributed by atoms with Crippen LogP contribution in [0.5, 0.6) is 0 Å². The first kappa shape index (κ1) is 15.7. The lowest BCUT2D eigenvalue weighted by atomic mass is 9.92. The highest BCUT2D eigenvalue weighted by Crippen LogP contribution is 2.25. The van der Waals surface area contributed by atoms with Crippen molar-refractivity contribution >= 4 is 12.1 Å². The van der Waals surface area contributed by atoms with Crippen LogP contribution in [0.15, 0.2) is 0 Å². The van der Waals surface area contributed by atoms with Crippen LogP contribution >= 0.6 is 0 Å². The number of carboxylic acids is 1. The number of hydrogen-bond acceptors (Lipinski definition) is 3. The summed E-state index contributed by atoms with van der Waals surface area (Å²) in [6, 6.07) is 0. The van der Waals surface area contributed by atoms with E-state index in [0.717, 1.165) is 0 Å². The van der Waals surface area contributed by atoms with E-state index in [0.29, 0.717) is 6.54 Å². The van der Waals surface area contributed by atoms with Gasteiger partial charge in [0, 0.05) is 25.4 Å². The van der Waals surface area contributed by atoms with E-state index in [1.165, 1.54) is 4.90 Å². The Labute approximate surface area is 112 Å². The summed E-state index contributed by atoms with van der Waals surface area (Å²) in [5.41, 5.74) is -0.583. The standard InChI is InChI=1S/C13H22FNO4/c1-13(2,3)19-12(18)15-7-6-10(14)9(8-15)4-5-11(16)17/h9-10H,4-8H2,1-3H3,(H,16,17)/t9-,10+/m0/s1. The molecule has 1 aliphatic rings. The van der Waals surface area contributed by atoms with Crippen molar-refractivity contribution in [2.24, 2.45) is 5.92 Å². The van der Waals surface area contributed by atoms with Gasteiger partial charge in [-0.05, 0) is 33.6 Å². The number of likely N-dealkylation sites (tertiary alicyclic amines) is 1. The summed E-state index contributed by atoms with van der Waals surface area (Å²) in [7, 11) is 0. The average Bonchev–Trinajstić information content (AvgIpc) is 2.25. The number of carboxylic acid groups (broad SMARTS) is 1. The van der Waals surface area contributed by atoms with Crippen molar-refractivity contribution < 1.29 is 23.8 Å². The number of nitrogens with zero attached hydrogens (tertiary/aromatic N) is 1. The van der Waals surface area contributed by atoms with Gasteiger partial charge in [0.05, 0.1) is 0 Å². The molecule has 19 heavy (non-hydrogen) atoms. The van der Waals surface area contributed by atoms with Crippen LogP contribution in [-0.2, 0) is 9.53 Å². The molecule has 0 aromatic heterocycles. The fourth-order valence-electron chi connectivity index (χ4n) is 2.08. The maximum Gasteiger partial charge on any atom is 0.410 e. The Bertz CT molecular complexity index is 340. The molecular weight excluding hydrogens is 253 g/mol. The van der Waals surface area contributed by atoms with Gasteiger partial charge in [-0.3, -0.25) is 4.79 Å². The van der Waals surface area contributed by atoms with Crippen molar-refractivity contribution in [3.63, 3.8) is 0 Å². The molecule has 110 valence electrons. The molecule has 1 fully saturated rings. The fourth-order valence-corrected chi connectivity index (χ4v) is 2.08. The molecule has 0 unspecified atom stereocenters. The third kappa shape index (κ3) is 5.44. The van der Waals surface area contributed by atoms with Crippen molar-refractivity contribution in [3.8, 4) is 0 Å². The molecule has 0 aromatic carbocycles. The first-order valence-corrected chi connectivity index (χ1v) is 6.53. The largest absolute Gasteiger partial charge is 0.481 e. The molecule has 0 aromatic rings. The molecule has 1 aliphatic heterocycles. The number of alkyl halides is 1.